The monoisotopic (exact) mass is 450 g/mol. The lowest BCUT2D eigenvalue weighted by Crippen LogP contribution is -2.40. The first-order chi connectivity index (χ1) is 13.5. The Kier molecular flexibility index (Phi) is 6.07. The standard InChI is InChI=1S/C18H18ClF3N2O4S/c19-15-4-2-1-3-14(15)12-7-9-23(10-8-12)29(27,28)17-6-5-13(18(20,21)22)11-16(17)24(25)26/h1,3-6,11-12,14H,2,7-10H2. The molecule has 1 aliphatic heterocycles. The van der Waals surface area contributed by atoms with Gasteiger partial charge in [0.05, 0.1) is 10.5 Å². The summed E-state index contributed by atoms with van der Waals surface area (Å²) in [6.45, 7) is 0.222. The number of sulfonamides is 1. The molecule has 1 aromatic carbocycles. The van der Waals surface area contributed by atoms with E-state index in [2.05, 4.69) is 0 Å². The molecule has 3 rings (SSSR count). The second-order valence-electron chi connectivity index (χ2n) is 6.96. The van der Waals surface area contributed by atoms with E-state index in [4.69, 9.17) is 11.6 Å². The zero-order chi connectivity index (χ0) is 21.4. The minimum absolute atomic E-state index is 0.00989. The fraction of sp³-hybridized carbons (Fsp3) is 0.444. The van der Waals surface area contributed by atoms with Crippen LogP contribution in [0.4, 0.5) is 18.9 Å². The van der Waals surface area contributed by atoms with Crippen LogP contribution in [-0.2, 0) is 16.2 Å². The van der Waals surface area contributed by atoms with E-state index in [1.165, 1.54) is 0 Å². The number of rotatable bonds is 4. The van der Waals surface area contributed by atoms with Crippen molar-refractivity contribution in [2.24, 2.45) is 11.8 Å². The van der Waals surface area contributed by atoms with E-state index in [1.807, 2.05) is 18.2 Å². The first kappa shape index (κ1) is 21.8. The van der Waals surface area contributed by atoms with Gasteiger partial charge in [-0.25, -0.2) is 8.42 Å². The minimum Gasteiger partial charge on any atom is -0.258 e. The van der Waals surface area contributed by atoms with Crippen LogP contribution in [0.3, 0.4) is 0 Å². The molecule has 11 heteroatoms. The highest BCUT2D eigenvalue weighted by Gasteiger charge is 2.39. The molecule has 0 saturated carbocycles. The Bertz CT molecular complexity index is 968. The molecular formula is C18H18ClF3N2O4S. The van der Waals surface area contributed by atoms with Crippen molar-refractivity contribution in [2.45, 2.75) is 30.3 Å². The Balaban J connectivity index is 1.83. The van der Waals surface area contributed by atoms with Crippen LogP contribution < -0.4 is 0 Å². The third-order valence-electron chi connectivity index (χ3n) is 5.22. The molecule has 0 bridgehead atoms. The van der Waals surface area contributed by atoms with Crippen LogP contribution >= 0.6 is 11.6 Å². The summed E-state index contributed by atoms with van der Waals surface area (Å²) in [6, 6.07) is 1.47. The average Bonchev–Trinajstić information content (AvgIpc) is 2.67. The van der Waals surface area contributed by atoms with Crippen LogP contribution in [0.2, 0.25) is 0 Å². The maximum Gasteiger partial charge on any atom is 0.416 e. The molecule has 158 valence electrons. The summed E-state index contributed by atoms with van der Waals surface area (Å²) in [5, 5.41) is 12.0. The lowest BCUT2D eigenvalue weighted by Gasteiger charge is -2.35. The highest BCUT2D eigenvalue weighted by atomic mass is 35.5. The predicted molar refractivity (Wildman–Crippen MR) is 101 cm³/mol. The van der Waals surface area contributed by atoms with Gasteiger partial charge in [-0.15, -0.1) is 0 Å². The molecular weight excluding hydrogens is 433 g/mol. The highest BCUT2D eigenvalue weighted by molar-refractivity contribution is 7.89. The topological polar surface area (TPSA) is 80.5 Å². The maximum atomic E-state index is 12.9. The molecule has 1 aliphatic carbocycles. The molecule has 0 aromatic heterocycles. The fourth-order valence-corrected chi connectivity index (χ4v) is 5.63. The zero-order valence-corrected chi connectivity index (χ0v) is 16.7. The Morgan fingerprint density at radius 3 is 2.41 bits per heavy atom. The van der Waals surface area contributed by atoms with Gasteiger partial charge in [0.15, 0.2) is 4.90 Å². The first-order valence-electron chi connectivity index (χ1n) is 8.90. The van der Waals surface area contributed by atoms with Gasteiger partial charge in [0, 0.05) is 30.1 Å². The predicted octanol–water partition coefficient (Wildman–Crippen LogP) is 4.71. The molecule has 1 saturated heterocycles. The van der Waals surface area contributed by atoms with Gasteiger partial charge in [-0.1, -0.05) is 29.8 Å². The molecule has 2 aliphatic rings. The Morgan fingerprint density at radius 1 is 1.21 bits per heavy atom. The number of nitro groups is 1. The summed E-state index contributed by atoms with van der Waals surface area (Å²) in [5.41, 5.74) is -2.35. The number of nitrogens with zero attached hydrogens (tertiary/aromatic N) is 2. The van der Waals surface area contributed by atoms with Gasteiger partial charge in [0.1, 0.15) is 0 Å². The van der Waals surface area contributed by atoms with E-state index in [0.29, 0.717) is 30.0 Å². The number of halogens is 4. The zero-order valence-electron chi connectivity index (χ0n) is 15.1. The number of nitro benzene ring substituents is 1. The number of piperidine rings is 1. The van der Waals surface area contributed by atoms with Crippen molar-refractivity contribution >= 4 is 27.3 Å². The third kappa shape index (κ3) is 4.49. The van der Waals surface area contributed by atoms with Gasteiger partial charge < -0.3 is 0 Å². The minimum atomic E-state index is -4.81. The number of hydrogen-bond acceptors (Lipinski definition) is 4. The summed E-state index contributed by atoms with van der Waals surface area (Å²) in [6.07, 6.45) is 2.81. The molecule has 1 unspecified atom stereocenters. The number of alkyl halides is 3. The van der Waals surface area contributed by atoms with E-state index < -0.39 is 37.3 Å². The summed E-state index contributed by atoms with van der Waals surface area (Å²) >= 11 is 6.26. The van der Waals surface area contributed by atoms with Crippen LogP contribution in [0.15, 0.2) is 46.4 Å². The molecule has 1 atom stereocenters. The Hall–Kier alpha value is -1.91. The van der Waals surface area contributed by atoms with Gasteiger partial charge in [-0.3, -0.25) is 10.1 Å². The van der Waals surface area contributed by atoms with Gasteiger partial charge in [-0.05, 0) is 37.3 Å². The van der Waals surface area contributed by atoms with Crippen molar-refractivity contribution < 1.29 is 26.5 Å². The second-order valence-corrected chi connectivity index (χ2v) is 9.30. The lowest BCUT2D eigenvalue weighted by molar-refractivity contribution is -0.388. The molecule has 29 heavy (non-hydrogen) atoms. The quantitative estimate of drug-likeness (QED) is 0.378. The average molecular weight is 451 g/mol. The van der Waals surface area contributed by atoms with Crippen LogP contribution in [0.5, 0.6) is 0 Å². The van der Waals surface area contributed by atoms with Crippen molar-refractivity contribution in [3.8, 4) is 0 Å². The van der Waals surface area contributed by atoms with Gasteiger partial charge >= 0.3 is 6.18 Å². The van der Waals surface area contributed by atoms with Gasteiger partial charge in [0.25, 0.3) is 5.69 Å². The smallest absolute Gasteiger partial charge is 0.258 e. The fourth-order valence-electron chi connectivity index (χ4n) is 3.68. The summed E-state index contributed by atoms with van der Waals surface area (Å²) in [7, 11) is -4.31. The number of hydrogen-bond donors (Lipinski definition) is 0. The van der Waals surface area contributed by atoms with Crippen molar-refractivity contribution in [3.05, 3.63) is 57.1 Å². The maximum absolute atomic E-state index is 12.9. The number of allylic oxidation sites excluding steroid dienone is 4. The highest BCUT2D eigenvalue weighted by Crippen LogP contribution is 2.39. The van der Waals surface area contributed by atoms with Crippen molar-refractivity contribution in [3.63, 3.8) is 0 Å². The summed E-state index contributed by atoms with van der Waals surface area (Å²) in [5.74, 6) is 0.139. The lowest BCUT2D eigenvalue weighted by atomic mass is 9.82. The Labute approximate surface area is 170 Å². The van der Waals surface area contributed by atoms with Crippen LogP contribution in [-0.4, -0.2) is 30.7 Å². The van der Waals surface area contributed by atoms with Crippen LogP contribution in [0, 0.1) is 22.0 Å². The molecule has 1 fully saturated rings. The van der Waals surface area contributed by atoms with Crippen molar-refractivity contribution in [1.29, 1.82) is 0 Å². The van der Waals surface area contributed by atoms with Crippen molar-refractivity contribution in [1.82, 2.24) is 4.31 Å². The molecule has 0 amide bonds. The van der Waals surface area contributed by atoms with Crippen LogP contribution in [0.1, 0.15) is 24.8 Å². The normalized spacial score (nSPS) is 21.8. The van der Waals surface area contributed by atoms with Crippen molar-refractivity contribution in [2.75, 3.05) is 13.1 Å². The second kappa shape index (κ2) is 8.08. The largest absolute Gasteiger partial charge is 0.416 e. The number of benzene rings is 1. The van der Waals surface area contributed by atoms with E-state index in [1.54, 1.807) is 0 Å². The summed E-state index contributed by atoms with van der Waals surface area (Å²) < 4.78 is 65.5. The van der Waals surface area contributed by atoms with E-state index in [-0.39, 0.29) is 31.0 Å². The Morgan fingerprint density at radius 2 is 1.86 bits per heavy atom. The third-order valence-corrected chi connectivity index (χ3v) is 7.57. The van der Waals surface area contributed by atoms with Gasteiger partial charge in [-0.2, -0.15) is 17.5 Å². The van der Waals surface area contributed by atoms with E-state index >= 15 is 0 Å². The van der Waals surface area contributed by atoms with E-state index in [0.717, 1.165) is 10.7 Å². The molecule has 6 nitrogen and oxygen atoms in total. The van der Waals surface area contributed by atoms with Gasteiger partial charge in [0.2, 0.25) is 10.0 Å². The SMILES string of the molecule is O=[N+]([O-])c1cc(C(F)(F)F)ccc1S(=O)(=O)N1CCC(C2C=CCC=C2Cl)CC1. The van der Waals surface area contributed by atoms with Crippen LogP contribution in [0.25, 0.3) is 0 Å². The molecule has 0 spiro atoms. The molecule has 1 heterocycles. The molecule has 0 radical (unpaired) electrons. The first-order valence-corrected chi connectivity index (χ1v) is 10.7. The van der Waals surface area contributed by atoms with E-state index in [9.17, 15) is 31.7 Å². The summed E-state index contributed by atoms with van der Waals surface area (Å²) in [4.78, 5) is 9.41. The molecule has 1 aromatic rings. The molecule has 0 N–H and O–H groups in total.